The van der Waals surface area contributed by atoms with Gasteiger partial charge in [-0.3, -0.25) is 4.79 Å². The maximum Gasteiger partial charge on any atom is 0.245 e. The summed E-state index contributed by atoms with van der Waals surface area (Å²) in [6.07, 6.45) is 2.87. The molecule has 0 spiro atoms. The Kier molecular flexibility index (Phi) is 5.46. The number of sulfone groups is 1. The number of ether oxygens (including phenoxy) is 1. The van der Waals surface area contributed by atoms with Crippen molar-refractivity contribution in [2.45, 2.75) is 12.2 Å². The second-order valence-corrected chi connectivity index (χ2v) is 9.99. The summed E-state index contributed by atoms with van der Waals surface area (Å²) in [4.78, 5) is 23.6. The molecule has 2 aliphatic heterocycles. The van der Waals surface area contributed by atoms with E-state index in [9.17, 15) is 18.3 Å². The van der Waals surface area contributed by atoms with E-state index in [-0.39, 0.29) is 39.6 Å². The van der Waals surface area contributed by atoms with Gasteiger partial charge in [-0.2, -0.15) is 10.1 Å². The summed E-state index contributed by atoms with van der Waals surface area (Å²) in [7, 11) is -3.20. The molecule has 0 bridgehead atoms. The van der Waals surface area contributed by atoms with Crippen LogP contribution in [0.5, 0.6) is 5.75 Å². The van der Waals surface area contributed by atoms with Crippen molar-refractivity contribution < 1.29 is 22.7 Å². The number of morpholine rings is 1. The number of aromatic nitrogens is 2. The molecule has 1 aromatic carbocycles. The third-order valence-corrected chi connectivity index (χ3v) is 7.10. The van der Waals surface area contributed by atoms with Crippen molar-refractivity contribution in [3.8, 4) is 5.75 Å². The lowest BCUT2D eigenvalue weighted by Crippen LogP contribution is -2.38. The lowest BCUT2D eigenvalue weighted by molar-refractivity contribution is 0.122. The number of phenolic OH excluding ortho intramolecular Hbond substituents is 1. The summed E-state index contributed by atoms with van der Waals surface area (Å²) in [6, 6.07) is 4.28. The Hall–Kier alpha value is -3.51. The highest BCUT2D eigenvalue weighted by Gasteiger charge is 2.29. The molecule has 0 saturated carbocycles. The topological polar surface area (TPSA) is 147 Å². The van der Waals surface area contributed by atoms with E-state index in [1.165, 1.54) is 30.7 Å². The zero-order valence-electron chi connectivity index (χ0n) is 17.5. The molecule has 1 fully saturated rings. The first-order chi connectivity index (χ1) is 15.9. The molecule has 172 valence electrons. The van der Waals surface area contributed by atoms with Gasteiger partial charge in [0.25, 0.3) is 0 Å². The predicted octanol–water partition coefficient (Wildman–Crippen LogP) is 1.04. The minimum atomic E-state index is -3.20. The first kappa shape index (κ1) is 21.3. The molecule has 5 rings (SSSR count). The van der Waals surface area contributed by atoms with E-state index in [4.69, 9.17) is 9.15 Å². The molecule has 0 amide bonds. The Morgan fingerprint density at radius 3 is 2.85 bits per heavy atom. The molecule has 2 aromatic heterocycles. The van der Waals surface area contributed by atoms with Crippen LogP contribution in [0, 0.1) is 0 Å². The van der Waals surface area contributed by atoms with Crippen molar-refractivity contribution in [2.24, 2.45) is 5.10 Å². The summed E-state index contributed by atoms with van der Waals surface area (Å²) in [6.45, 7) is 2.24. The number of anilines is 2. The van der Waals surface area contributed by atoms with Crippen LogP contribution in [-0.2, 0) is 26.7 Å². The highest BCUT2D eigenvalue weighted by atomic mass is 32.2. The van der Waals surface area contributed by atoms with E-state index in [2.05, 4.69) is 20.5 Å². The van der Waals surface area contributed by atoms with E-state index in [1.54, 1.807) is 0 Å². The van der Waals surface area contributed by atoms with Gasteiger partial charge in [-0.25, -0.2) is 18.8 Å². The first-order valence-corrected chi connectivity index (χ1v) is 12.2. The average molecular weight is 471 g/mol. The molecule has 33 heavy (non-hydrogen) atoms. The van der Waals surface area contributed by atoms with Gasteiger partial charge in [0, 0.05) is 25.1 Å². The van der Waals surface area contributed by atoms with Crippen LogP contribution in [0.4, 0.5) is 11.8 Å². The number of nitrogens with zero attached hydrogens (tertiary/aromatic N) is 4. The van der Waals surface area contributed by atoms with Crippen LogP contribution in [-0.4, -0.2) is 61.8 Å². The average Bonchev–Trinajstić information content (AvgIpc) is 2.81. The maximum absolute atomic E-state index is 12.6. The van der Waals surface area contributed by atoms with E-state index in [1.807, 2.05) is 4.90 Å². The number of hydrazone groups is 1. The molecule has 12 heteroatoms. The molecule has 2 aliphatic rings. The summed E-state index contributed by atoms with van der Waals surface area (Å²) in [5.74, 6) is 0.664. The predicted molar refractivity (Wildman–Crippen MR) is 122 cm³/mol. The van der Waals surface area contributed by atoms with E-state index < -0.39 is 9.84 Å². The number of hydrogen-bond acceptors (Lipinski definition) is 11. The van der Waals surface area contributed by atoms with E-state index in [0.717, 1.165) is 0 Å². The van der Waals surface area contributed by atoms with Gasteiger partial charge >= 0.3 is 0 Å². The number of phenols is 1. The molecule has 11 nitrogen and oxygen atoms in total. The smallest absolute Gasteiger partial charge is 0.245 e. The minimum Gasteiger partial charge on any atom is -0.508 e. The molecule has 0 radical (unpaired) electrons. The van der Waals surface area contributed by atoms with Crippen molar-refractivity contribution in [1.82, 2.24) is 9.97 Å². The van der Waals surface area contributed by atoms with Gasteiger partial charge in [0.1, 0.15) is 23.4 Å². The fourth-order valence-corrected chi connectivity index (χ4v) is 5.27. The van der Waals surface area contributed by atoms with Crippen LogP contribution in [0.25, 0.3) is 11.0 Å². The summed E-state index contributed by atoms with van der Waals surface area (Å²) >= 11 is 0. The maximum atomic E-state index is 12.6. The molecule has 2 N–H and O–H groups in total. The fourth-order valence-electron chi connectivity index (χ4n) is 3.89. The van der Waals surface area contributed by atoms with Gasteiger partial charge in [0.05, 0.1) is 47.6 Å². The van der Waals surface area contributed by atoms with Gasteiger partial charge in [0.2, 0.25) is 11.4 Å². The number of rotatable bonds is 4. The first-order valence-electron chi connectivity index (χ1n) is 10.4. The zero-order chi connectivity index (χ0) is 23.0. The Morgan fingerprint density at radius 2 is 2.03 bits per heavy atom. The van der Waals surface area contributed by atoms with E-state index >= 15 is 0 Å². The van der Waals surface area contributed by atoms with Crippen molar-refractivity contribution in [3.05, 3.63) is 51.5 Å². The Balaban J connectivity index is 1.45. The van der Waals surface area contributed by atoms with Gasteiger partial charge in [0.15, 0.2) is 9.84 Å². The van der Waals surface area contributed by atoms with Crippen LogP contribution in [0.1, 0.15) is 16.8 Å². The molecule has 3 aromatic rings. The second-order valence-electron chi connectivity index (χ2n) is 7.81. The van der Waals surface area contributed by atoms with Crippen molar-refractivity contribution in [1.29, 1.82) is 0 Å². The third kappa shape index (κ3) is 4.39. The van der Waals surface area contributed by atoms with Crippen molar-refractivity contribution in [2.75, 3.05) is 42.4 Å². The monoisotopic (exact) mass is 471 g/mol. The Labute approximate surface area is 188 Å². The van der Waals surface area contributed by atoms with Crippen LogP contribution < -0.4 is 15.8 Å². The molecule has 0 unspecified atom stereocenters. The largest absolute Gasteiger partial charge is 0.508 e. The van der Waals surface area contributed by atoms with Crippen LogP contribution in [0.2, 0.25) is 0 Å². The fraction of sp³-hybridized carbons (Fsp3) is 0.333. The normalized spacial score (nSPS) is 17.9. The number of benzene rings is 1. The Morgan fingerprint density at radius 1 is 1.21 bits per heavy atom. The second kappa shape index (κ2) is 8.45. The lowest BCUT2D eigenvalue weighted by atomic mass is 10.1. The number of aryl methyl sites for hydroxylation is 1. The number of hydrogen-bond donors (Lipinski definition) is 2. The van der Waals surface area contributed by atoms with E-state index in [0.29, 0.717) is 55.4 Å². The van der Waals surface area contributed by atoms with Crippen molar-refractivity contribution in [3.63, 3.8) is 0 Å². The van der Waals surface area contributed by atoms with Gasteiger partial charge < -0.3 is 19.2 Å². The molecule has 0 aliphatic carbocycles. The summed E-state index contributed by atoms with van der Waals surface area (Å²) in [5, 5.41) is 14.0. The number of aromatic hydroxyl groups is 1. The highest BCUT2D eigenvalue weighted by molar-refractivity contribution is 7.90. The van der Waals surface area contributed by atoms with Crippen LogP contribution >= 0.6 is 0 Å². The molecular weight excluding hydrogens is 450 g/mol. The summed E-state index contributed by atoms with van der Waals surface area (Å²) < 4.78 is 35.3. The highest BCUT2D eigenvalue weighted by Crippen LogP contribution is 2.29. The lowest BCUT2D eigenvalue weighted by Gasteiger charge is -2.31. The number of fused-ring (bicyclic) bond motifs is 2. The van der Waals surface area contributed by atoms with Crippen LogP contribution in [0.15, 0.2) is 38.8 Å². The minimum absolute atomic E-state index is 0.0350. The third-order valence-electron chi connectivity index (χ3n) is 5.55. The Bertz CT molecular complexity index is 1410. The number of nitrogens with one attached hydrogen (secondary N) is 1. The molecular formula is C21H21N5O6S. The zero-order valence-corrected chi connectivity index (χ0v) is 18.3. The summed E-state index contributed by atoms with van der Waals surface area (Å²) in [5.41, 5.74) is 4.21. The SMILES string of the molecule is O=c1c(/C=N/Nc2nc3c(c(N4CCOCC4)n2)CS(=O)(=O)CC3)coc2ccc(O)cc12. The van der Waals surface area contributed by atoms with Gasteiger partial charge in [-0.05, 0) is 18.2 Å². The van der Waals surface area contributed by atoms with Gasteiger partial charge in [-0.15, -0.1) is 0 Å². The van der Waals surface area contributed by atoms with Gasteiger partial charge in [-0.1, -0.05) is 0 Å². The standard InChI is InChI=1S/C21H21N5O6S/c27-14-1-2-18-15(9-14)19(28)13(11-32-18)10-22-25-21-23-17-3-8-33(29,30)12-16(17)20(24-21)26-4-6-31-7-5-26/h1-2,9-11,27H,3-8,12H2,(H,23,24,25)/b22-10+. The molecule has 0 atom stereocenters. The molecule has 1 saturated heterocycles. The van der Waals surface area contributed by atoms with Crippen molar-refractivity contribution >= 4 is 38.8 Å². The van der Waals surface area contributed by atoms with Crippen LogP contribution in [0.3, 0.4) is 0 Å². The quantitative estimate of drug-likeness (QED) is 0.418. The molecule has 4 heterocycles.